The number of para-hydroxylation sites is 1. The number of nitrogens with two attached hydrogens (primary N) is 1. The molecular weight excluding hydrogens is 293 g/mol. The van der Waals surface area contributed by atoms with Gasteiger partial charge in [0.1, 0.15) is 5.82 Å². The van der Waals surface area contributed by atoms with Crippen molar-refractivity contribution in [3.63, 3.8) is 0 Å². The van der Waals surface area contributed by atoms with E-state index in [9.17, 15) is 4.39 Å². The van der Waals surface area contributed by atoms with E-state index in [1.54, 1.807) is 22.9 Å². The number of nitrogen functional groups attached to an aromatic ring is 1. The van der Waals surface area contributed by atoms with Crippen LogP contribution in [0.5, 0.6) is 0 Å². The number of anilines is 1. The summed E-state index contributed by atoms with van der Waals surface area (Å²) in [4.78, 5) is 0. The third kappa shape index (κ3) is 2.71. The highest BCUT2D eigenvalue weighted by molar-refractivity contribution is 6.30. The molecule has 0 atom stereocenters. The normalized spacial score (nSPS) is 10.8. The topological polar surface area (TPSA) is 69.6 Å². The van der Waals surface area contributed by atoms with E-state index in [1.165, 1.54) is 6.07 Å². The van der Waals surface area contributed by atoms with Crippen LogP contribution in [0.2, 0.25) is 5.02 Å². The molecule has 0 fully saturated rings. The van der Waals surface area contributed by atoms with Crippen LogP contribution >= 0.6 is 11.6 Å². The summed E-state index contributed by atoms with van der Waals surface area (Å²) >= 11 is 5.78. The second-order valence-electron chi connectivity index (χ2n) is 4.50. The molecule has 21 heavy (non-hydrogen) atoms. The van der Waals surface area contributed by atoms with E-state index in [2.05, 4.69) is 15.5 Å². The van der Waals surface area contributed by atoms with Crippen molar-refractivity contribution in [3.8, 4) is 11.4 Å². The van der Waals surface area contributed by atoms with Gasteiger partial charge >= 0.3 is 0 Å². The highest BCUT2D eigenvalue weighted by Gasteiger charge is 2.12. The summed E-state index contributed by atoms with van der Waals surface area (Å²) in [7, 11) is 0. The molecule has 2 aromatic carbocycles. The van der Waals surface area contributed by atoms with Gasteiger partial charge in [0.15, 0.2) is 5.82 Å². The van der Waals surface area contributed by atoms with Crippen molar-refractivity contribution < 1.29 is 4.39 Å². The Kier molecular flexibility index (Phi) is 3.53. The number of halogens is 2. The SMILES string of the molecule is Nc1ccccc1-c1nnnn1Cc1ccc(F)c(Cl)c1. The summed E-state index contributed by atoms with van der Waals surface area (Å²) in [6.45, 7) is 0.372. The maximum Gasteiger partial charge on any atom is 0.184 e. The first-order valence-electron chi connectivity index (χ1n) is 6.20. The van der Waals surface area contributed by atoms with Gasteiger partial charge in [0, 0.05) is 11.3 Å². The second kappa shape index (κ2) is 5.49. The summed E-state index contributed by atoms with van der Waals surface area (Å²) < 4.78 is 14.8. The zero-order chi connectivity index (χ0) is 14.8. The van der Waals surface area contributed by atoms with Crippen LogP contribution in [0.1, 0.15) is 5.56 Å². The fourth-order valence-corrected chi connectivity index (χ4v) is 2.22. The summed E-state index contributed by atoms with van der Waals surface area (Å²) in [6.07, 6.45) is 0. The standard InChI is InChI=1S/C14H11ClFN5/c15-11-7-9(5-6-12(11)16)8-21-14(18-19-20-21)10-3-1-2-4-13(10)17/h1-7H,8,17H2. The minimum absolute atomic E-state index is 0.0707. The van der Waals surface area contributed by atoms with E-state index in [0.29, 0.717) is 18.1 Å². The summed E-state index contributed by atoms with van der Waals surface area (Å²) in [5.41, 5.74) is 8.07. The molecule has 2 N–H and O–H groups in total. The van der Waals surface area contributed by atoms with Crippen molar-refractivity contribution in [2.75, 3.05) is 5.73 Å². The molecule has 7 heteroatoms. The quantitative estimate of drug-likeness (QED) is 0.755. The lowest BCUT2D eigenvalue weighted by Gasteiger charge is -2.07. The number of nitrogens with zero attached hydrogens (tertiary/aromatic N) is 4. The predicted octanol–water partition coefficient (Wildman–Crippen LogP) is 2.76. The number of benzene rings is 2. The average molecular weight is 304 g/mol. The second-order valence-corrected chi connectivity index (χ2v) is 4.90. The van der Waals surface area contributed by atoms with Crippen LogP contribution in [-0.4, -0.2) is 20.2 Å². The summed E-state index contributed by atoms with van der Waals surface area (Å²) in [5, 5.41) is 11.7. The van der Waals surface area contributed by atoms with E-state index in [0.717, 1.165) is 11.1 Å². The Bertz CT molecular complexity index is 787. The molecule has 5 nitrogen and oxygen atoms in total. The maximum atomic E-state index is 13.2. The van der Waals surface area contributed by atoms with Crippen LogP contribution in [0, 0.1) is 5.82 Å². The Morgan fingerprint density at radius 3 is 2.76 bits per heavy atom. The highest BCUT2D eigenvalue weighted by atomic mass is 35.5. The molecule has 0 bridgehead atoms. The molecule has 3 rings (SSSR count). The Morgan fingerprint density at radius 1 is 1.19 bits per heavy atom. The van der Waals surface area contributed by atoms with E-state index in [-0.39, 0.29) is 5.02 Å². The van der Waals surface area contributed by atoms with E-state index in [1.807, 2.05) is 18.2 Å². The molecule has 0 saturated carbocycles. The number of hydrogen-bond donors (Lipinski definition) is 1. The number of tetrazole rings is 1. The van der Waals surface area contributed by atoms with Gasteiger partial charge in [-0.1, -0.05) is 29.8 Å². The lowest BCUT2D eigenvalue weighted by atomic mass is 10.1. The largest absolute Gasteiger partial charge is 0.398 e. The van der Waals surface area contributed by atoms with Crippen molar-refractivity contribution in [1.29, 1.82) is 0 Å². The Hall–Kier alpha value is -2.47. The van der Waals surface area contributed by atoms with Gasteiger partial charge in [0.05, 0.1) is 11.6 Å². The van der Waals surface area contributed by atoms with Gasteiger partial charge in [-0.25, -0.2) is 9.07 Å². The maximum absolute atomic E-state index is 13.2. The third-order valence-electron chi connectivity index (χ3n) is 3.05. The number of hydrogen-bond acceptors (Lipinski definition) is 4. The molecule has 0 spiro atoms. The first-order chi connectivity index (χ1) is 10.1. The van der Waals surface area contributed by atoms with Crippen LogP contribution in [0.25, 0.3) is 11.4 Å². The zero-order valence-electron chi connectivity index (χ0n) is 10.9. The molecule has 0 saturated heterocycles. The summed E-state index contributed by atoms with van der Waals surface area (Å²) in [6, 6.07) is 11.8. The molecule has 0 aliphatic heterocycles. The minimum Gasteiger partial charge on any atom is -0.398 e. The highest BCUT2D eigenvalue weighted by Crippen LogP contribution is 2.24. The molecule has 0 amide bonds. The molecule has 106 valence electrons. The molecule has 1 aromatic heterocycles. The lowest BCUT2D eigenvalue weighted by molar-refractivity contribution is 0.622. The van der Waals surface area contributed by atoms with Gasteiger partial charge in [-0.05, 0) is 40.3 Å². The first-order valence-corrected chi connectivity index (χ1v) is 6.58. The lowest BCUT2D eigenvalue weighted by Crippen LogP contribution is -2.05. The van der Waals surface area contributed by atoms with Gasteiger partial charge < -0.3 is 5.73 Å². The van der Waals surface area contributed by atoms with Gasteiger partial charge in [0.2, 0.25) is 0 Å². The Morgan fingerprint density at radius 2 is 2.00 bits per heavy atom. The summed E-state index contributed by atoms with van der Waals surface area (Å²) in [5.74, 6) is 0.0956. The number of rotatable bonds is 3. The average Bonchev–Trinajstić information content (AvgIpc) is 2.91. The van der Waals surface area contributed by atoms with Crippen molar-refractivity contribution in [1.82, 2.24) is 20.2 Å². The number of aromatic nitrogens is 4. The van der Waals surface area contributed by atoms with Gasteiger partial charge in [0.25, 0.3) is 0 Å². The third-order valence-corrected chi connectivity index (χ3v) is 3.34. The van der Waals surface area contributed by atoms with Gasteiger partial charge in [-0.3, -0.25) is 0 Å². The Labute approximate surface area is 125 Å². The van der Waals surface area contributed by atoms with Crippen molar-refractivity contribution >= 4 is 17.3 Å². The van der Waals surface area contributed by atoms with E-state index >= 15 is 0 Å². The van der Waals surface area contributed by atoms with Crippen molar-refractivity contribution in [2.24, 2.45) is 0 Å². The Balaban J connectivity index is 1.96. The molecular formula is C14H11ClFN5. The first kappa shape index (κ1) is 13.5. The molecule has 0 aliphatic carbocycles. The monoisotopic (exact) mass is 303 g/mol. The minimum atomic E-state index is -0.454. The van der Waals surface area contributed by atoms with Gasteiger partial charge in [-0.2, -0.15) is 0 Å². The smallest absolute Gasteiger partial charge is 0.184 e. The van der Waals surface area contributed by atoms with Crippen LogP contribution in [-0.2, 0) is 6.54 Å². The molecule has 0 aliphatic rings. The van der Waals surface area contributed by atoms with Crippen LogP contribution < -0.4 is 5.73 Å². The van der Waals surface area contributed by atoms with Crippen molar-refractivity contribution in [3.05, 3.63) is 58.9 Å². The predicted molar refractivity (Wildman–Crippen MR) is 78.2 cm³/mol. The van der Waals surface area contributed by atoms with E-state index in [4.69, 9.17) is 17.3 Å². The molecule has 1 heterocycles. The fourth-order valence-electron chi connectivity index (χ4n) is 2.02. The molecule has 0 radical (unpaired) electrons. The van der Waals surface area contributed by atoms with Crippen molar-refractivity contribution in [2.45, 2.75) is 6.54 Å². The van der Waals surface area contributed by atoms with Crippen LogP contribution in [0.15, 0.2) is 42.5 Å². The van der Waals surface area contributed by atoms with E-state index < -0.39 is 5.82 Å². The zero-order valence-corrected chi connectivity index (χ0v) is 11.6. The fraction of sp³-hybridized carbons (Fsp3) is 0.0714. The van der Waals surface area contributed by atoms with Crippen LogP contribution in [0.3, 0.4) is 0 Å². The van der Waals surface area contributed by atoms with Gasteiger partial charge in [-0.15, -0.1) is 5.10 Å². The molecule has 3 aromatic rings. The van der Waals surface area contributed by atoms with Crippen LogP contribution in [0.4, 0.5) is 10.1 Å². The molecule has 0 unspecified atom stereocenters.